The lowest BCUT2D eigenvalue weighted by Gasteiger charge is -2.33. The molecule has 1 fully saturated rings. The standard InChI is InChI=1S/C23H27ClFNO4/c1-3-5-11-30-22-19(24)13-17(14-20(22)28-4-2)23(27)26-10-12-29-21(15-26)16-6-8-18(25)9-7-16/h6-9,13-14,21H,3-5,10-12,15H2,1-2H3. The smallest absolute Gasteiger partial charge is 0.254 e. The minimum atomic E-state index is -0.304. The highest BCUT2D eigenvalue weighted by molar-refractivity contribution is 6.32. The van der Waals surface area contributed by atoms with Crippen LogP contribution in [0.25, 0.3) is 0 Å². The summed E-state index contributed by atoms with van der Waals surface area (Å²) in [5.41, 5.74) is 1.27. The van der Waals surface area contributed by atoms with Crippen molar-refractivity contribution in [3.05, 3.63) is 58.4 Å². The van der Waals surface area contributed by atoms with Crippen LogP contribution in [0.2, 0.25) is 5.02 Å². The molecule has 0 aromatic heterocycles. The van der Waals surface area contributed by atoms with E-state index in [0.29, 0.717) is 55.0 Å². The van der Waals surface area contributed by atoms with Crippen molar-refractivity contribution in [1.82, 2.24) is 4.90 Å². The molecule has 162 valence electrons. The van der Waals surface area contributed by atoms with Crippen LogP contribution >= 0.6 is 11.6 Å². The molecule has 0 radical (unpaired) electrons. The van der Waals surface area contributed by atoms with Crippen LogP contribution < -0.4 is 9.47 Å². The van der Waals surface area contributed by atoms with E-state index in [1.165, 1.54) is 12.1 Å². The second-order valence-electron chi connectivity index (χ2n) is 7.08. The number of morpholine rings is 1. The van der Waals surface area contributed by atoms with Crippen LogP contribution in [0.15, 0.2) is 36.4 Å². The number of rotatable bonds is 8. The lowest BCUT2D eigenvalue weighted by molar-refractivity contribution is -0.0228. The largest absolute Gasteiger partial charge is 0.490 e. The van der Waals surface area contributed by atoms with Gasteiger partial charge in [-0.1, -0.05) is 37.1 Å². The Balaban J connectivity index is 1.78. The number of carbonyl (C=O) groups is 1. The summed E-state index contributed by atoms with van der Waals surface area (Å²) in [6, 6.07) is 9.45. The third kappa shape index (κ3) is 5.43. The maximum absolute atomic E-state index is 13.2. The number of benzene rings is 2. The van der Waals surface area contributed by atoms with Gasteiger partial charge in [0.05, 0.1) is 31.4 Å². The molecule has 1 atom stereocenters. The summed E-state index contributed by atoms with van der Waals surface area (Å²) in [7, 11) is 0. The van der Waals surface area contributed by atoms with Crippen molar-refractivity contribution in [1.29, 1.82) is 0 Å². The Labute approximate surface area is 181 Å². The molecule has 1 unspecified atom stereocenters. The fourth-order valence-corrected chi connectivity index (χ4v) is 3.57. The molecule has 2 aromatic carbocycles. The van der Waals surface area contributed by atoms with E-state index in [4.69, 9.17) is 25.8 Å². The first kappa shape index (κ1) is 22.4. The molecular weight excluding hydrogens is 409 g/mol. The number of ether oxygens (including phenoxy) is 3. The van der Waals surface area contributed by atoms with Gasteiger partial charge in [0, 0.05) is 12.1 Å². The first-order valence-electron chi connectivity index (χ1n) is 10.3. The molecular formula is C23H27ClFNO4. The molecule has 30 heavy (non-hydrogen) atoms. The predicted molar refractivity (Wildman–Crippen MR) is 114 cm³/mol. The molecule has 7 heteroatoms. The fourth-order valence-electron chi connectivity index (χ4n) is 3.31. The van der Waals surface area contributed by atoms with Crippen molar-refractivity contribution in [3.8, 4) is 11.5 Å². The summed E-state index contributed by atoms with van der Waals surface area (Å²) in [6.45, 7) is 6.16. The number of amides is 1. The highest BCUT2D eigenvalue weighted by Gasteiger charge is 2.27. The lowest BCUT2D eigenvalue weighted by atomic mass is 10.1. The van der Waals surface area contributed by atoms with Crippen molar-refractivity contribution < 1.29 is 23.4 Å². The van der Waals surface area contributed by atoms with Crippen molar-refractivity contribution in [2.75, 3.05) is 32.9 Å². The van der Waals surface area contributed by atoms with E-state index in [-0.39, 0.29) is 17.8 Å². The van der Waals surface area contributed by atoms with Crippen molar-refractivity contribution in [3.63, 3.8) is 0 Å². The van der Waals surface area contributed by atoms with Crippen LogP contribution in [0.4, 0.5) is 4.39 Å². The maximum atomic E-state index is 13.2. The predicted octanol–water partition coefficient (Wildman–Crippen LogP) is 5.27. The second kappa shape index (κ2) is 10.6. The Morgan fingerprint density at radius 1 is 1.23 bits per heavy atom. The summed E-state index contributed by atoms with van der Waals surface area (Å²) in [5.74, 6) is 0.470. The van der Waals surface area contributed by atoms with Gasteiger partial charge in [0.25, 0.3) is 5.91 Å². The molecule has 5 nitrogen and oxygen atoms in total. The Morgan fingerprint density at radius 2 is 2.00 bits per heavy atom. The molecule has 2 aromatic rings. The van der Waals surface area contributed by atoms with Gasteiger partial charge in [0.1, 0.15) is 11.9 Å². The van der Waals surface area contributed by atoms with Crippen LogP contribution in [0, 0.1) is 5.82 Å². The van der Waals surface area contributed by atoms with Gasteiger partial charge >= 0.3 is 0 Å². The molecule has 0 spiro atoms. The highest BCUT2D eigenvalue weighted by atomic mass is 35.5. The first-order chi connectivity index (χ1) is 14.5. The Bertz CT molecular complexity index is 859. The summed E-state index contributed by atoms with van der Waals surface area (Å²) < 4.78 is 30.5. The zero-order valence-electron chi connectivity index (χ0n) is 17.3. The van der Waals surface area contributed by atoms with Gasteiger partial charge in [0.15, 0.2) is 11.5 Å². The number of hydrogen-bond acceptors (Lipinski definition) is 4. The van der Waals surface area contributed by atoms with Crippen LogP contribution in [-0.4, -0.2) is 43.7 Å². The zero-order valence-corrected chi connectivity index (χ0v) is 18.1. The highest BCUT2D eigenvalue weighted by Crippen LogP contribution is 2.37. The van der Waals surface area contributed by atoms with Crippen LogP contribution in [-0.2, 0) is 4.74 Å². The third-order valence-corrected chi connectivity index (χ3v) is 5.18. The van der Waals surface area contributed by atoms with Gasteiger partial charge in [-0.05, 0) is 43.2 Å². The van der Waals surface area contributed by atoms with Gasteiger partial charge in [-0.2, -0.15) is 0 Å². The summed E-state index contributed by atoms with van der Waals surface area (Å²) in [5, 5.41) is 0.351. The van der Waals surface area contributed by atoms with Gasteiger partial charge in [-0.25, -0.2) is 4.39 Å². The molecule has 0 aliphatic carbocycles. The molecule has 0 bridgehead atoms. The average Bonchev–Trinajstić information content (AvgIpc) is 2.75. The molecule has 0 saturated carbocycles. The Hall–Kier alpha value is -2.31. The van der Waals surface area contributed by atoms with Crippen LogP contribution in [0.3, 0.4) is 0 Å². The lowest BCUT2D eigenvalue weighted by Crippen LogP contribution is -2.42. The fraction of sp³-hybridized carbons (Fsp3) is 0.435. The minimum Gasteiger partial charge on any atom is -0.490 e. The molecule has 1 heterocycles. The van der Waals surface area contributed by atoms with Gasteiger partial charge in [-0.3, -0.25) is 4.79 Å². The van der Waals surface area contributed by atoms with E-state index in [1.54, 1.807) is 29.2 Å². The minimum absolute atomic E-state index is 0.159. The van der Waals surface area contributed by atoms with Gasteiger partial charge < -0.3 is 19.1 Å². The second-order valence-corrected chi connectivity index (χ2v) is 7.49. The molecule has 1 amide bonds. The van der Waals surface area contributed by atoms with E-state index in [0.717, 1.165) is 18.4 Å². The van der Waals surface area contributed by atoms with Gasteiger partial charge in [-0.15, -0.1) is 0 Å². The molecule has 1 saturated heterocycles. The third-order valence-electron chi connectivity index (χ3n) is 4.90. The molecule has 1 aliphatic heterocycles. The van der Waals surface area contributed by atoms with Gasteiger partial charge in [0.2, 0.25) is 0 Å². The maximum Gasteiger partial charge on any atom is 0.254 e. The average molecular weight is 436 g/mol. The summed E-state index contributed by atoms with van der Waals surface area (Å²) in [6.07, 6.45) is 1.60. The number of carbonyl (C=O) groups excluding carboxylic acids is 1. The molecule has 0 N–H and O–H groups in total. The number of hydrogen-bond donors (Lipinski definition) is 0. The zero-order chi connectivity index (χ0) is 21.5. The first-order valence-corrected chi connectivity index (χ1v) is 10.7. The summed E-state index contributed by atoms with van der Waals surface area (Å²) >= 11 is 6.44. The number of unbranched alkanes of at least 4 members (excludes halogenated alkanes) is 1. The molecule has 1 aliphatic rings. The van der Waals surface area contributed by atoms with Crippen molar-refractivity contribution >= 4 is 17.5 Å². The number of halogens is 2. The Kier molecular flexibility index (Phi) is 7.94. The van der Waals surface area contributed by atoms with E-state index in [2.05, 4.69) is 6.92 Å². The number of nitrogens with zero attached hydrogens (tertiary/aromatic N) is 1. The normalized spacial score (nSPS) is 16.4. The summed E-state index contributed by atoms with van der Waals surface area (Å²) in [4.78, 5) is 14.9. The van der Waals surface area contributed by atoms with Crippen LogP contribution in [0.5, 0.6) is 11.5 Å². The van der Waals surface area contributed by atoms with E-state index in [9.17, 15) is 9.18 Å². The van der Waals surface area contributed by atoms with E-state index < -0.39 is 0 Å². The monoisotopic (exact) mass is 435 g/mol. The Morgan fingerprint density at radius 3 is 2.70 bits per heavy atom. The van der Waals surface area contributed by atoms with E-state index >= 15 is 0 Å². The quantitative estimate of drug-likeness (QED) is 0.530. The topological polar surface area (TPSA) is 48.0 Å². The SMILES string of the molecule is CCCCOc1c(Cl)cc(C(=O)N2CCOC(c3ccc(F)cc3)C2)cc1OCC. The van der Waals surface area contributed by atoms with Crippen molar-refractivity contribution in [2.24, 2.45) is 0 Å². The van der Waals surface area contributed by atoms with E-state index in [1.807, 2.05) is 6.92 Å². The van der Waals surface area contributed by atoms with Crippen molar-refractivity contribution in [2.45, 2.75) is 32.8 Å². The van der Waals surface area contributed by atoms with Crippen LogP contribution in [0.1, 0.15) is 48.7 Å². The molecule has 3 rings (SSSR count).